The second-order valence-corrected chi connectivity index (χ2v) is 7.00. The molecule has 7 nitrogen and oxygen atoms in total. The molecule has 0 radical (unpaired) electrons. The molecule has 1 aromatic rings. The Morgan fingerprint density at radius 2 is 2.33 bits per heavy atom. The van der Waals surface area contributed by atoms with E-state index in [0.29, 0.717) is 13.0 Å². The van der Waals surface area contributed by atoms with Crippen molar-refractivity contribution >= 4 is 9.84 Å². The van der Waals surface area contributed by atoms with Crippen LogP contribution >= 0.6 is 0 Å². The third-order valence-corrected chi connectivity index (χ3v) is 5.05. The molecule has 0 aromatic carbocycles. The van der Waals surface area contributed by atoms with Crippen LogP contribution in [0.15, 0.2) is 0 Å². The molecule has 8 heteroatoms. The van der Waals surface area contributed by atoms with Gasteiger partial charge in [0.25, 0.3) is 0 Å². The summed E-state index contributed by atoms with van der Waals surface area (Å²) in [6, 6.07) is 0.0722. The van der Waals surface area contributed by atoms with E-state index in [-0.39, 0.29) is 23.5 Å². The lowest BCUT2D eigenvalue weighted by atomic mass is 10.1. The van der Waals surface area contributed by atoms with E-state index >= 15 is 0 Å². The summed E-state index contributed by atoms with van der Waals surface area (Å²) in [6.45, 7) is 5.44. The fraction of sp³-hybridized carbons (Fsp3) is 0.900. The number of hydrogen-bond acceptors (Lipinski definition) is 6. The Hall–Kier alpha value is -1.02. The van der Waals surface area contributed by atoms with Crippen LogP contribution in [0, 0.1) is 5.92 Å². The largest absolute Gasteiger partial charge is 0.308 e. The number of nitrogens with one attached hydrogen (secondary N) is 1. The van der Waals surface area contributed by atoms with Crippen LogP contribution < -0.4 is 5.32 Å². The maximum absolute atomic E-state index is 11.4. The Bertz CT molecular complexity index is 498. The normalized spacial score (nSPS) is 24.2. The zero-order valence-corrected chi connectivity index (χ0v) is 11.5. The van der Waals surface area contributed by atoms with Gasteiger partial charge in [-0.2, -0.15) is 0 Å². The van der Waals surface area contributed by atoms with E-state index in [2.05, 4.69) is 20.8 Å². The van der Waals surface area contributed by atoms with Crippen LogP contribution in [0.25, 0.3) is 0 Å². The second kappa shape index (κ2) is 5.31. The van der Waals surface area contributed by atoms with Gasteiger partial charge in [0, 0.05) is 6.54 Å². The molecule has 2 heterocycles. The Balaban J connectivity index is 2.04. The van der Waals surface area contributed by atoms with Crippen molar-refractivity contribution < 1.29 is 8.42 Å². The summed E-state index contributed by atoms with van der Waals surface area (Å²) in [5, 5.41) is 14.9. The number of rotatable bonds is 5. The third-order valence-electron chi connectivity index (χ3n) is 3.22. The van der Waals surface area contributed by atoms with Crippen molar-refractivity contribution in [3.8, 4) is 0 Å². The topological polar surface area (TPSA) is 89.8 Å². The van der Waals surface area contributed by atoms with E-state index in [1.54, 1.807) is 4.68 Å². The van der Waals surface area contributed by atoms with Gasteiger partial charge in [-0.05, 0) is 36.2 Å². The standard InChI is InChI=1S/C10H19N5O2S/c1-3-11-8(2)10-12-13-14-15(10)6-9-4-5-18(16,17)7-9/h8-9,11H,3-7H2,1-2H3. The molecule has 102 valence electrons. The van der Waals surface area contributed by atoms with Gasteiger partial charge in [0.2, 0.25) is 0 Å². The SMILES string of the molecule is CCNC(C)c1nnnn1CC1CCS(=O)(=O)C1. The molecule has 2 rings (SSSR count). The van der Waals surface area contributed by atoms with Gasteiger partial charge in [0.1, 0.15) is 0 Å². The van der Waals surface area contributed by atoms with E-state index < -0.39 is 9.84 Å². The van der Waals surface area contributed by atoms with Crippen molar-refractivity contribution in [2.24, 2.45) is 5.92 Å². The molecule has 18 heavy (non-hydrogen) atoms. The van der Waals surface area contributed by atoms with E-state index in [4.69, 9.17) is 0 Å². The molecule has 1 fully saturated rings. The zero-order valence-electron chi connectivity index (χ0n) is 10.7. The molecule has 0 aliphatic carbocycles. The van der Waals surface area contributed by atoms with Crippen LogP contribution in [-0.4, -0.2) is 46.7 Å². The first-order chi connectivity index (χ1) is 8.52. The highest BCUT2D eigenvalue weighted by molar-refractivity contribution is 7.91. The maximum Gasteiger partial charge on any atom is 0.167 e. The van der Waals surface area contributed by atoms with Crippen LogP contribution in [0.1, 0.15) is 32.1 Å². The summed E-state index contributed by atoms with van der Waals surface area (Å²) in [4.78, 5) is 0. The van der Waals surface area contributed by atoms with Crippen LogP contribution in [-0.2, 0) is 16.4 Å². The van der Waals surface area contributed by atoms with Crippen molar-refractivity contribution in [1.82, 2.24) is 25.5 Å². The van der Waals surface area contributed by atoms with Crippen molar-refractivity contribution in [3.63, 3.8) is 0 Å². The molecule has 1 N–H and O–H groups in total. The van der Waals surface area contributed by atoms with Crippen LogP contribution in [0.4, 0.5) is 0 Å². The van der Waals surface area contributed by atoms with Gasteiger partial charge in [-0.25, -0.2) is 13.1 Å². The van der Waals surface area contributed by atoms with E-state index in [9.17, 15) is 8.42 Å². The van der Waals surface area contributed by atoms with Gasteiger partial charge >= 0.3 is 0 Å². The Kier molecular flexibility index (Phi) is 3.96. The summed E-state index contributed by atoms with van der Waals surface area (Å²) < 4.78 is 24.6. The van der Waals surface area contributed by atoms with E-state index in [1.165, 1.54) is 0 Å². The lowest BCUT2D eigenvalue weighted by Gasteiger charge is -2.14. The van der Waals surface area contributed by atoms with Gasteiger partial charge in [0.05, 0.1) is 17.5 Å². The van der Waals surface area contributed by atoms with Gasteiger partial charge < -0.3 is 5.32 Å². The fourth-order valence-electron chi connectivity index (χ4n) is 2.31. The summed E-state index contributed by atoms with van der Waals surface area (Å²) in [5.74, 6) is 1.44. The molecule has 2 atom stereocenters. The van der Waals surface area contributed by atoms with Crippen LogP contribution in [0.3, 0.4) is 0 Å². The van der Waals surface area contributed by atoms with Gasteiger partial charge in [0.15, 0.2) is 15.7 Å². The van der Waals surface area contributed by atoms with Gasteiger partial charge in [-0.15, -0.1) is 5.10 Å². The number of aromatic nitrogens is 4. The van der Waals surface area contributed by atoms with Crippen molar-refractivity contribution in [3.05, 3.63) is 5.82 Å². The smallest absolute Gasteiger partial charge is 0.167 e. The average Bonchev–Trinajstić information content (AvgIpc) is 2.86. The minimum Gasteiger partial charge on any atom is -0.308 e. The molecular formula is C10H19N5O2S. The highest BCUT2D eigenvalue weighted by Gasteiger charge is 2.29. The highest BCUT2D eigenvalue weighted by atomic mass is 32.2. The summed E-state index contributed by atoms with van der Waals surface area (Å²) in [5.41, 5.74) is 0. The minimum atomic E-state index is -2.84. The monoisotopic (exact) mass is 273 g/mol. The molecule has 2 unspecified atom stereocenters. The van der Waals surface area contributed by atoms with E-state index in [0.717, 1.165) is 12.4 Å². The lowest BCUT2D eigenvalue weighted by molar-refractivity contribution is 0.417. The molecule has 1 aliphatic rings. The number of nitrogens with zero attached hydrogens (tertiary/aromatic N) is 4. The minimum absolute atomic E-state index is 0.0722. The first kappa shape index (κ1) is 13.4. The quantitative estimate of drug-likeness (QED) is 0.797. The van der Waals surface area contributed by atoms with Crippen molar-refractivity contribution in [2.75, 3.05) is 18.1 Å². The third kappa shape index (κ3) is 3.05. The number of hydrogen-bond donors (Lipinski definition) is 1. The molecule has 0 saturated carbocycles. The highest BCUT2D eigenvalue weighted by Crippen LogP contribution is 2.21. The first-order valence-corrected chi connectivity index (χ1v) is 8.04. The van der Waals surface area contributed by atoms with Crippen molar-refractivity contribution in [1.29, 1.82) is 0 Å². The molecule has 0 spiro atoms. The first-order valence-electron chi connectivity index (χ1n) is 6.21. The van der Waals surface area contributed by atoms with Crippen LogP contribution in [0.2, 0.25) is 0 Å². The van der Waals surface area contributed by atoms with Gasteiger partial charge in [-0.1, -0.05) is 6.92 Å². The average molecular weight is 273 g/mol. The Labute approximate surface area is 107 Å². The van der Waals surface area contributed by atoms with Crippen LogP contribution in [0.5, 0.6) is 0 Å². The summed E-state index contributed by atoms with van der Waals surface area (Å²) >= 11 is 0. The molecular weight excluding hydrogens is 254 g/mol. The summed E-state index contributed by atoms with van der Waals surface area (Å²) in [7, 11) is -2.84. The van der Waals surface area contributed by atoms with Crippen molar-refractivity contribution in [2.45, 2.75) is 32.9 Å². The second-order valence-electron chi connectivity index (χ2n) is 4.77. The van der Waals surface area contributed by atoms with E-state index in [1.807, 2.05) is 13.8 Å². The molecule has 1 aliphatic heterocycles. The lowest BCUT2D eigenvalue weighted by Crippen LogP contribution is -2.24. The summed E-state index contributed by atoms with van der Waals surface area (Å²) in [6.07, 6.45) is 0.706. The molecule has 0 bridgehead atoms. The number of sulfone groups is 1. The Morgan fingerprint density at radius 3 is 2.94 bits per heavy atom. The molecule has 1 aromatic heterocycles. The fourth-order valence-corrected chi connectivity index (χ4v) is 4.16. The molecule has 1 saturated heterocycles. The predicted molar refractivity (Wildman–Crippen MR) is 66.7 cm³/mol. The van der Waals surface area contributed by atoms with Gasteiger partial charge in [-0.3, -0.25) is 0 Å². The Morgan fingerprint density at radius 1 is 1.56 bits per heavy atom. The molecule has 0 amide bonds. The number of tetrazole rings is 1. The maximum atomic E-state index is 11.4. The zero-order chi connectivity index (χ0) is 13.2. The predicted octanol–water partition coefficient (Wildman–Crippen LogP) is -0.222.